The Morgan fingerprint density at radius 3 is 2.41 bits per heavy atom. The van der Waals surface area contributed by atoms with E-state index in [4.69, 9.17) is 4.42 Å². The van der Waals surface area contributed by atoms with Gasteiger partial charge < -0.3 is 9.32 Å². The molecule has 200 valence electrons. The number of hydrogen-bond acceptors (Lipinski definition) is 3. The van der Waals surface area contributed by atoms with Crippen LogP contribution in [0.3, 0.4) is 0 Å². The number of para-hydroxylation sites is 1. The highest BCUT2D eigenvalue weighted by Gasteiger charge is 2.26. The number of allylic oxidation sites excluding steroid dienone is 2. The molecule has 0 radical (unpaired) electrons. The van der Waals surface area contributed by atoms with Gasteiger partial charge in [0.2, 0.25) is 0 Å². The maximum atomic E-state index is 6.36. The molecule has 2 aliphatic carbocycles. The maximum absolute atomic E-state index is 6.36. The highest BCUT2D eigenvalue weighted by atomic mass is 32.1. The highest BCUT2D eigenvalue weighted by molar-refractivity contribution is 7.20. The first-order valence-electron chi connectivity index (χ1n) is 14.6. The Labute approximate surface area is 244 Å². The van der Waals surface area contributed by atoms with Gasteiger partial charge in [-0.05, 0) is 101 Å². The van der Waals surface area contributed by atoms with Crippen LogP contribution in [0.4, 0.5) is 17.1 Å². The van der Waals surface area contributed by atoms with E-state index in [1.54, 1.807) is 0 Å². The first kappa shape index (κ1) is 24.5. The molecule has 8 rings (SSSR count). The molecule has 4 aromatic carbocycles. The van der Waals surface area contributed by atoms with E-state index in [9.17, 15) is 0 Å². The van der Waals surface area contributed by atoms with Crippen LogP contribution in [0.1, 0.15) is 53.5 Å². The van der Waals surface area contributed by atoms with Crippen molar-refractivity contribution < 1.29 is 4.42 Å². The smallest absolute Gasteiger partial charge is 0.137 e. The molecule has 0 saturated carbocycles. The van der Waals surface area contributed by atoms with Crippen LogP contribution in [-0.4, -0.2) is 0 Å². The molecule has 2 unspecified atom stereocenters. The fraction of sp³-hybridized carbons (Fsp3) is 0.158. The largest absolute Gasteiger partial charge is 0.456 e. The van der Waals surface area contributed by atoms with Gasteiger partial charge in [0, 0.05) is 31.9 Å². The van der Waals surface area contributed by atoms with Crippen molar-refractivity contribution in [3.05, 3.63) is 130 Å². The summed E-state index contributed by atoms with van der Waals surface area (Å²) in [4.78, 5) is 3.80. The Morgan fingerprint density at radius 2 is 1.56 bits per heavy atom. The van der Waals surface area contributed by atoms with Gasteiger partial charge in [-0.15, -0.1) is 11.3 Å². The lowest BCUT2D eigenvalue weighted by Gasteiger charge is -2.28. The summed E-state index contributed by atoms with van der Waals surface area (Å²) in [6.07, 6.45) is 8.92. The molecule has 3 heteroatoms. The summed E-state index contributed by atoms with van der Waals surface area (Å²) in [5, 5.41) is 2.64. The lowest BCUT2D eigenvalue weighted by Crippen LogP contribution is -2.12. The van der Waals surface area contributed by atoms with E-state index in [1.807, 2.05) is 11.3 Å². The quantitative estimate of drug-likeness (QED) is 0.217. The Morgan fingerprint density at radius 1 is 0.780 bits per heavy atom. The molecule has 0 N–H and O–H groups in total. The van der Waals surface area contributed by atoms with Gasteiger partial charge in [0.1, 0.15) is 11.3 Å². The topological polar surface area (TPSA) is 16.4 Å². The zero-order valence-corrected chi connectivity index (χ0v) is 24.1. The van der Waals surface area contributed by atoms with E-state index in [1.165, 1.54) is 42.6 Å². The average Bonchev–Trinajstić information content (AvgIpc) is 3.57. The Bertz CT molecular complexity index is 1970. The van der Waals surface area contributed by atoms with Crippen LogP contribution in [0.5, 0.6) is 0 Å². The van der Waals surface area contributed by atoms with Crippen LogP contribution in [-0.2, 0) is 6.42 Å². The summed E-state index contributed by atoms with van der Waals surface area (Å²) >= 11 is 1.92. The second-order valence-electron chi connectivity index (χ2n) is 11.4. The van der Waals surface area contributed by atoms with Crippen molar-refractivity contribution >= 4 is 67.2 Å². The van der Waals surface area contributed by atoms with Crippen molar-refractivity contribution in [3.63, 3.8) is 0 Å². The number of nitrogens with zero attached hydrogens (tertiary/aromatic N) is 1. The van der Waals surface area contributed by atoms with Crippen LogP contribution in [0.2, 0.25) is 0 Å². The van der Waals surface area contributed by atoms with Gasteiger partial charge in [-0.2, -0.15) is 0 Å². The van der Waals surface area contributed by atoms with Crippen LogP contribution < -0.4 is 4.90 Å². The Balaban J connectivity index is 1.24. The highest BCUT2D eigenvalue weighted by Crippen LogP contribution is 2.47. The van der Waals surface area contributed by atoms with Crippen LogP contribution >= 0.6 is 11.3 Å². The van der Waals surface area contributed by atoms with Gasteiger partial charge >= 0.3 is 0 Å². The second-order valence-corrected chi connectivity index (χ2v) is 12.5. The number of anilines is 3. The first-order chi connectivity index (χ1) is 20.2. The molecule has 0 fully saturated rings. The van der Waals surface area contributed by atoms with Gasteiger partial charge in [-0.1, -0.05) is 74.5 Å². The molecule has 2 aliphatic rings. The van der Waals surface area contributed by atoms with Crippen molar-refractivity contribution in [1.82, 2.24) is 0 Å². The van der Waals surface area contributed by atoms with Crippen LogP contribution in [0, 0.1) is 5.92 Å². The molecule has 2 atom stereocenters. The maximum Gasteiger partial charge on any atom is 0.137 e. The Kier molecular flexibility index (Phi) is 5.75. The number of furan rings is 1. The van der Waals surface area contributed by atoms with E-state index < -0.39 is 0 Å². The van der Waals surface area contributed by atoms with Crippen molar-refractivity contribution in [1.29, 1.82) is 0 Å². The van der Waals surface area contributed by atoms with E-state index in [2.05, 4.69) is 134 Å². The fourth-order valence-electron chi connectivity index (χ4n) is 6.79. The molecule has 41 heavy (non-hydrogen) atoms. The third-order valence-corrected chi connectivity index (χ3v) is 9.94. The summed E-state index contributed by atoms with van der Waals surface area (Å²) < 4.78 is 7.75. The van der Waals surface area contributed by atoms with Crippen molar-refractivity contribution in [2.75, 3.05) is 4.90 Å². The number of benzene rings is 4. The minimum atomic E-state index is 0.413. The van der Waals surface area contributed by atoms with E-state index in [-0.39, 0.29) is 0 Å². The minimum Gasteiger partial charge on any atom is -0.456 e. The van der Waals surface area contributed by atoms with Crippen molar-refractivity contribution in [2.45, 2.75) is 32.6 Å². The molecule has 2 aromatic heterocycles. The number of thiophene rings is 1. The summed E-state index contributed by atoms with van der Waals surface area (Å²) in [7, 11) is 0. The summed E-state index contributed by atoms with van der Waals surface area (Å²) in [6.45, 7) is 4.67. The molecule has 0 aliphatic heterocycles. The summed E-state index contributed by atoms with van der Waals surface area (Å²) in [5.74, 6) is 1.88. The molecule has 0 spiro atoms. The molecular formula is C38H31NOS. The minimum absolute atomic E-state index is 0.413. The molecule has 0 bridgehead atoms. The predicted molar refractivity (Wildman–Crippen MR) is 176 cm³/mol. The third-order valence-electron chi connectivity index (χ3n) is 8.78. The summed E-state index contributed by atoms with van der Waals surface area (Å²) in [6, 6.07) is 35.2. The van der Waals surface area contributed by atoms with Gasteiger partial charge in [-0.3, -0.25) is 0 Å². The lowest BCUT2D eigenvalue weighted by molar-refractivity contribution is 0.586. The fourth-order valence-corrected chi connectivity index (χ4v) is 7.98. The predicted octanol–water partition coefficient (Wildman–Crippen LogP) is 11.4. The normalized spacial score (nSPS) is 17.9. The van der Waals surface area contributed by atoms with Crippen molar-refractivity contribution in [3.8, 4) is 0 Å². The molecule has 6 aromatic rings. The summed E-state index contributed by atoms with van der Waals surface area (Å²) in [5.41, 5.74) is 9.95. The zero-order valence-electron chi connectivity index (χ0n) is 23.3. The number of fused-ring (bicyclic) bond motifs is 6. The van der Waals surface area contributed by atoms with Crippen LogP contribution in [0.15, 0.2) is 108 Å². The number of rotatable bonds is 4. The molecule has 2 nitrogen and oxygen atoms in total. The standard InChI is InChI=1S/C38H31NOS/c1-24-10-8-15-33-37(24)38-32(14-9-16-34(38)40-33)39(27-11-4-3-5-12-27)28-20-18-26(19-21-28)30-23-36-31(22-25(30)2)29-13-6-7-17-35(29)41-36/h3-9,11-21,23-25H,10,22H2,1-2H3. The lowest BCUT2D eigenvalue weighted by atomic mass is 9.83. The van der Waals surface area contributed by atoms with E-state index in [0.717, 1.165) is 41.2 Å². The molecule has 0 amide bonds. The molecular weight excluding hydrogens is 518 g/mol. The van der Waals surface area contributed by atoms with Crippen LogP contribution in [0.25, 0.3) is 38.8 Å². The van der Waals surface area contributed by atoms with Crippen molar-refractivity contribution in [2.24, 2.45) is 5.92 Å². The SMILES string of the molecule is CC1Cc2c(sc3ccccc23)C=C1c1ccc(N(c2ccccc2)c2cccc3oc4c(c23)C(C)CC=C4)cc1. The molecule has 2 heterocycles. The second kappa shape index (κ2) is 9.64. The first-order valence-corrected chi connectivity index (χ1v) is 15.4. The van der Waals surface area contributed by atoms with E-state index in [0.29, 0.717) is 11.8 Å². The van der Waals surface area contributed by atoms with Gasteiger partial charge in [0.25, 0.3) is 0 Å². The monoisotopic (exact) mass is 549 g/mol. The average molecular weight is 550 g/mol. The molecule has 0 saturated heterocycles. The Hall–Kier alpha value is -4.34. The third kappa shape index (κ3) is 3.99. The number of hydrogen-bond donors (Lipinski definition) is 0. The van der Waals surface area contributed by atoms with Gasteiger partial charge in [0.05, 0.1) is 5.69 Å². The van der Waals surface area contributed by atoms with Gasteiger partial charge in [-0.25, -0.2) is 0 Å². The van der Waals surface area contributed by atoms with E-state index >= 15 is 0 Å². The zero-order chi connectivity index (χ0) is 27.5. The van der Waals surface area contributed by atoms with Gasteiger partial charge in [0.15, 0.2) is 0 Å².